The van der Waals surface area contributed by atoms with Crippen LogP contribution in [0, 0.1) is 17.0 Å². The lowest BCUT2D eigenvalue weighted by Crippen LogP contribution is -2.29. The van der Waals surface area contributed by atoms with Crippen molar-refractivity contribution in [3.63, 3.8) is 0 Å². The highest BCUT2D eigenvalue weighted by Crippen LogP contribution is 2.40. The second-order valence-electron chi connectivity index (χ2n) is 6.46. The molecule has 9 heteroatoms. The Labute approximate surface area is 165 Å². The minimum absolute atomic E-state index is 0.0742. The Morgan fingerprint density at radius 1 is 1.36 bits per heavy atom. The molecule has 0 fully saturated rings. The molecule has 2 aromatic carbocycles. The fourth-order valence-electron chi connectivity index (χ4n) is 3.20. The lowest BCUT2D eigenvalue weighted by Gasteiger charge is -2.29. The summed E-state index contributed by atoms with van der Waals surface area (Å²) in [7, 11) is 0. The number of para-hydroxylation sites is 1. The molecular weight excluding hydrogens is 378 g/mol. The number of amidine groups is 1. The number of nitro benzene ring substituents is 1. The molecule has 2 aliphatic heterocycles. The van der Waals surface area contributed by atoms with Crippen molar-refractivity contribution < 1.29 is 9.72 Å². The summed E-state index contributed by atoms with van der Waals surface area (Å²) in [4.78, 5) is 27.7. The Morgan fingerprint density at radius 3 is 3.00 bits per heavy atom. The highest BCUT2D eigenvalue weighted by atomic mass is 32.2. The second kappa shape index (κ2) is 7.43. The summed E-state index contributed by atoms with van der Waals surface area (Å²) in [5, 5.41) is 20.7. The van der Waals surface area contributed by atoms with E-state index in [4.69, 9.17) is 0 Å². The van der Waals surface area contributed by atoms with Crippen molar-refractivity contribution in [3.8, 4) is 0 Å². The zero-order valence-corrected chi connectivity index (χ0v) is 15.8. The van der Waals surface area contributed by atoms with Gasteiger partial charge in [-0.3, -0.25) is 14.9 Å². The number of aliphatic imine (C=N–C) groups is 1. The first kappa shape index (κ1) is 18.2. The van der Waals surface area contributed by atoms with Crippen LogP contribution < -0.4 is 5.32 Å². The molecule has 0 saturated heterocycles. The number of nitrogens with one attached hydrogen (secondary N) is 1. The van der Waals surface area contributed by atoms with Gasteiger partial charge in [0.2, 0.25) is 5.91 Å². The molecule has 0 aromatic heterocycles. The number of anilines is 1. The number of nitrogens with zero attached hydrogens (tertiary/aromatic N) is 4. The van der Waals surface area contributed by atoms with Gasteiger partial charge in [0, 0.05) is 24.3 Å². The highest BCUT2D eigenvalue weighted by Gasteiger charge is 2.32. The van der Waals surface area contributed by atoms with E-state index in [0.717, 1.165) is 23.2 Å². The first-order chi connectivity index (χ1) is 13.5. The van der Waals surface area contributed by atoms with Crippen LogP contribution >= 0.6 is 11.8 Å². The number of benzene rings is 2. The average molecular weight is 395 g/mol. The number of nitro groups is 1. The molecule has 1 unspecified atom stereocenters. The number of aryl methyl sites for hydroxylation is 1. The monoisotopic (exact) mass is 395 g/mol. The molecule has 8 nitrogen and oxygen atoms in total. The van der Waals surface area contributed by atoms with Crippen LogP contribution in [0.1, 0.15) is 23.6 Å². The predicted octanol–water partition coefficient (Wildman–Crippen LogP) is 4.01. The molecule has 2 aliphatic rings. The van der Waals surface area contributed by atoms with E-state index in [9.17, 15) is 14.9 Å². The maximum atomic E-state index is 12.4. The van der Waals surface area contributed by atoms with E-state index in [1.165, 1.54) is 17.8 Å². The van der Waals surface area contributed by atoms with Crippen molar-refractivity contribution in [2.24, 2.45) is 10.1 Å². The molecule has 0 saturated carbocycles. The van der Waals surface area contributed by atoms with Crippen molar-refractivity contribution >= 4 is 46.1 Å². The summed E-state index contributed by atoms with van der Waals surface area (Å²) in [6, 6.07) is 12.7. The van der Waals surface area contributed by atoms with Crippen LogP contribution in [0.25, 0.3) is 0 Å². The van der Waals surface area contributed by atoms with E-state index in [1.807, 2.05) is 35.5 Å². The molecule has 1 N–H and O–H groups in total. The molecule has 0 aliphatic carbocycles. The van der Waals surface area contributed by atoms with E-state index in [-0.39, 0.29) is 29.1 Å². The van der Waals surface area contributed by atoms with Gasteiger partial charge < -0.3 is 5.32 Å². The van der Waals surface area contributed by atoms with Crippen molar-refractivity contribution in [1.82, 2.24) is 5.01 Å². The van der Waals surface area contributed by atoms with Crippen LogP contribution in [0.3, 0.4) is 0 Å². The molecule has 142 valence electrons. The van der Waals surface area contributed by atoms with Gasteiger partial charge in [0.1, 0.15) is 5.69 Å². The summed E-state index contributed by atoms with van der Waals surface area (Å²) >= 11 is 1.26. The molecule has 0 radical (unpaired) electrons. The molecule has 4 rings (SSSR count). The van der Waals surface area contributed by atoms with Crippen LogP contribution in [0.4, 0.5) is 17.1 Å². The van der Waals surface area contributed by atoms with E-state index in [1.54, 1.807) is 19.1 Å². The minimum atomic E-state index is -0.499. The average Bonchev–Trinajstić information content (AvgIpc) is 3.17. The molecule has 0 spiro atoms. The van der Waals surface area contributed by atoms with Gasteiger partial charge in [0.25, 0.3) is 5.69 Å². The third-order valence-corrected chi connectivity index (χ3v) is 5.44. The van der Waals surface area contributed by atoms with Crippen LogP contribution in [0.5, 0.6) is 0 Å². The number of thioether (sulfide) groups is 1. The number of fused-ring (bicyclic) bond motifs is 3. The van der Waals surface area contributed by atoms with E-state index >= 15 is 0 Å². The first-order valence-electron chi connectivity index (χ1n) is 8.70. The highest BCUT2D eigenvalue weighted by molar-refractivity contribution is 8.14. The zero-order valence-electron chi connectivity index (χ0n) is 15.0. The number of hydrogen-bond donors (Lipinski definition) is 1. The molecule has 1 amide bonds. The Kier molecular flexibility index (Phi) is 4.82. The fourth-order valence-corrected chi connectivity index (χ4v) is 4.00. The second-order valence-corrected chi connectivity index (χ2v) is 7.40. The summed E-state index contributed by atoms with van der Waals surface area (Å²) in [5.41, 5.74) is 2.82. The molecule has 2 heterocycles. The molecule has 28 heavy (non-hydrogen) atoms. The van der Waals surface area contributed by atoms with Crippen molar-refractivity contribution in [2.75, 3.05) is 11.1 Å². The van der Waals surface area contributed by atoms with E-state index in [2.05, 4.69) is 15.4 Å². The van der Waals surface area contributed by atoms with E-state index < -0.39 is 4.92 Å². The number of hydrazone groups is 1. The predicted molar refractivity (Wildman–Crippen MR) is 110 cm³/mol. The van der Waals surface area contributed by atoms with Gasteiger partial charge in [-0.25, -0.2) is 10.0 Å². The smallest absolute Gasteiger partial charge is 0.293 e. The van der Waals surface area contributed by atoms with Crippen molar-refractivity contribution in [2.45, 2.75) is 19.4 Å². The van der Waals surface area contributed by atoms with Crippen molar-refractivity contribution in [1.29, 1.82) is 0 Å². The number of carbonyl (C=O) groups is 1. The largest absolute Gasteiger partial charge is 0.320 e. The maximum Gasteiger partial charge on any atom is 0.293 e. The SMILES string of the molecule is Cc1ccc(NC(=O)CSC2=Nc3ccccc3C3CC=NN23)c([N+](=O)[O-])c1. The first-order valence-corrected chi connectivity index (χ1v) is 9.68. The lowest BCUT2D eigenvalue weighted by molar-refractivity contribution is -0.384. The van der Waals surface area contributed by atoms with Crippen LogP contribution in [-0.2, 0) is 4.79 Å². The Morgan fingerprint density at radius 2 is 2.18 bits per heavy atom. The third kappa shape index (κ3) is 3.48. The number of carbonyl (C=O) groups excluding carboxylic acids is 1. The summed E-state index contributed by atoms with van der Waals surface area (Å²) < 4.78 is 0. The minimum Gasteiger partial charge on any atom is -0.320 e. The summed E-state index contributed by atoms with van der Waals surface area (Å²) in [5.74, 6) is -0.261. The van der Waals surface area contributed by atoms with Crippen molar-refractivity contribution in [3.05, 3.63) is 63.7 Å². The maximum absolute atomic E-state index is 12.4. The Bertz CT molecular complexity index is 1020. The van der Waals surface area contributed by atoms with Gasteiger partial charge in [-0.2, -0.15) is 5.10 Å². The van der Waals surface area contributed by atoms with Crippen LogP contribution in [0.15, 0.2) is 52.6 Å². The molecule has 0 bridgehead atoms. The zero-order chi connectivity index (χ0) is 19.7. The quantitative estimate of drug-likeness (QED) is 0.623. The third-order valence-electron chi connectivity index (χ3n) is 4.49. The summed E-state index contributed by atoms with van der Waals surface area (Å²) in [6.07, 6.45) is 2.64. The van der Waals surface area contributed by atoms with Crippen LogP contribution in [-0.4, -0.2) is 33.0 Å². The standard InChI is InChI=1S/C19H17N5O3S/c1-12-6-7-15(17(10-12)24(26)27)21-18(25)11-28-19-22-14-5-3-2-4-13(14)16-8-9-20-23(16)19/h2-7,9-10,16H,8,11H2,1H3,(H,21,25). The molecular formula is C19H17N5O3S. The van der Waals surface area contributed by atoms with Gasteiger partial charge >= 0.3 is 0 Å². The number of hydrogen-bond acceptors (Lipinski definition) is 7. The Hall–Kier alpha value is -3.20. The van der Waals surface area contributed by atoms with Gasteiger partial charge in [-0.15, -0.1) is 0 Å². The molecule has 2 aromatic rings. The summed E-state index contributed by atoms with van der Waals surface area (Å²) in [6.45, 7) is 1.76. The Balaban J connectivity index is 1.48. The fraction of sp³-hybridized carbons (Fsp3) is 0.211. The number of rotatable bonds is 4. The van der Waals surface area contributed by atoms with Gasteiger partial charge in [0.15, 0.2) is 5.17 Å². The van der Waals surface area contributed by atoms with Gasteiger partial charge in [-0.1, -0.05) is 36.0 Å². The van der Waals surface area contributed by atoms with Crippen LogP contribution in [0.2, 0.25) is 0 Å². The van der Waals surface area contributed by atoms with E-state index in [0.29, 0.717) is 5.17 Å². The van der Waals surface area contributed by atoms with Gasteiger partial charge in [0.05, 0.1) is 22.4 Å². The molecule has 1 atom stereocenters. The normalized spacial score (nSPS) is 17.0. The number of amides is 1. The topological polar surface area (TPSA) is 100 Å². The van der Waals surface area contributed by atoms with Gasteiger partial charge in [-0.05, 0) is 24.6 Å². The lowest BCUT2D eigenvalue weighted by atomic mass is 10.0.